The van der Waals surface area contributed by atoms with Gasteiger partial charge in [-0.25, -0.2) is 8.42 Å². The van der Waals surface area contributed by atoms with Crippen molar-refractivity contribution in [3.63, 3.8) is 0 Å². The third-order valence-corrected chi connectivity index (χ3v) is 5.44. The zero-order valence-electron chi connectivity index (χ0n) is 12.2. The maximum absolute atomic E-state index is 12.1. The second kappa shape index (κ2) is 7.45. The van der Waals surface area contributed by atoms with Gasteiger partial charge in [0, 0.05) is 19.6 Å². The quantitative estimate of drug-likeness (QED) is 0.510. The lowest BCUT2D eigenvalue weighted by atomic mass is 10.1. The van der Waals surface area contributed by atoms with E-state index in [0.29, 0.717) is 23.8 Å². The monoisotopic (exact) mass is 309 g/mol. The fourth-order valence-electron chi connectivity index (χ4n) is 2.42. The molecule has 116 valence electrons. The van der Waals surface area contributed by atoms with Crippen LogP contribution >= 0.6 is 0 Å². The molecule has 1 aromatic rings. The van der Waals surface area contributed by atoms with Gasteiger partial charge in [0.25, 0.3) is 0 Å². The minimum absolute atomic E-state index is 0.105. The van der Waals surface area contributed by atoms with Crippen LogP contribution in [0.5, 0.6) is 0 Å². The number of piperidine rings is 1. The highest BCUT2D eigenvalue weighted by atomic mass is 32.2. The van der Waals surface area contributed by atoms with E-state index in [4.69, 9.17) is 5.73 Å². The molecule has 1 fully saturated rings. The van der Waals surface area contributed by atoms with Crippen molar-refractivity contribution in [3.8, 4) is 0 Å². The highest BCUT2D eigenvalue weighted by molar-refractivity contribution is 7.91. The van der Waals surface area contributed by atoms with E-state index >= 15 is 0 Å². The number of benzene rings is 1. The number of aliphatic imine (C=N–C) groups is 1. The Labute approximate surface area is 126 Å². The lowest BCUT2D eigenvalue weighted by Gasteiger charge is -2.27. The van der Waals surface area contributed by atoms with Gasteiger partial charge in [0.05, 0.1) is 10.6 Å². The molecule has 0 radical (unpaired) electrons. The van der Waals surface area contributed by atoms with E-state index in [1.165, 1.54) is 6.42 Å². The van der Waals surface area contributed by atoms with E-state index < -0.39 is 9.84 Å². The first-order chi connectivity index (χ1) is 10.1. The van der Waals surface area contributed by atoms with Crippen molar-refractivity contribution < 1.29 is 8.42 Å². The summed E-state index contributed by atoms with van der Waals surface area (Å²) in [4.78, 5) is 6.75. The van der Waals surface area contributed by atoms with E-state index in [-0.39, 0.29) is 5.75 Å². The lowest BCUT2D eigenvalue weighted by molar-refractivity contribution is 0.338. The van der Waals surface area contributed by atoms with E-state index in [1.807, 2.05) is 6.07 Å². The molecular weight excluding hydrogens is 286 g/mol. The minimum atomic E-state index is -3.21. The summed E-state index contributed by atoms with van der Waals surface area (Å²) in [5.41, 5.74) is 5.94. The van der Waals surface area contributed by atoms with Gasteiger partial charge in [0.15, 0.2) is 15.8 Å². The molecule has 0 saturated carbocycles. The molecule has 5 nitrogen and oxygen atoms in total. The van der Waals surface area contributed by atoms with Gasteiger partial charge in [-0.3, -0.25) is 4.99 Å². The van der Waals surface area contributed by atoms with Crippen molar-refractivity contribution in [1.82, 2.24) is 4.90 Å². The van der Waals surface area contributed by atoms with Gasteiger partial charge in [0.1, 0.15) is 0 Å². The van der Waals surface area contributed by atoms with Crippen molar-refractivity contribution in [2.45, 2.75) is 30.6 Å². The summed E-state index contributed by atoms with van der Waals surface area (Å²) in [6.45, 7) is 2.36. The van der Waals surface area contributed by atoms with Crippen molar-refractivity contribution in [2.75, 3.05) is 25.4 Å². The van der Waals surface area contributed by atoms with Crippen LogP contribution < -0.4 is 5.73 Å². The molecule has 0 unspecified atom stereocenters. The molecule has 0 spiro atoms. The standard InChI is InChI=1S/C15H23N3O2S/c16-15(18-11-5-2-6-12-18)17-10-7-13-21(19,20)14-8-3-1-4-9-14/h1,3-4,8-9H,2,5-7,10-13H2,(H2,16,17). The van der Waals surface area contributed by atoms with Crippen LogP contribution in [0.25, 0.3) is 0 Å². The smallest absolute Gasteiger partial charge is 0.191 e. The molecule has 1 aromatic carbocycles. The van der Waals surface area contributed by atoms with Gasteiger partial charge in [0.2, 0.25) is 0 Å². The van der Waals surface area contributed by atoms with Gasteiger partial charge < -0.3 is 10.6 Å². The third-order valence-electron chi connectivity index (χ3n) is 3.63. The summed E-state index contributed by atoms with van der Waals surface area (Å²) >= 11 is 0. The van der Waals surface area contributed by atoms with Crippen LogP contribution in [0.15, 0.2) is 40.2 Å². The first kappa shape index (κ1) is 15.8. The Hall–Kier alpha value is -1.56. The van der Waals surface area contributed by atoms with Crippen LogP contribution in [0.2, 0.25) is 0 Å². The number of guanidine groups is 1. The van der Waals surface area contributed by atoms with Crippen LogP contribution in [0.1, 0.15) is 25.7 Å². The van der Waals surface area contributed by atoms with Gasteiger partial charge in [-0.2, -0.15) is 0 Å². The van der Waals surface area contributed by atoms with Crippen LogP contribution in [-0.4, -0.2) is 44.7 Å². The summed E-state index contributed by atoms with van der Waals surface area (Å²) < 4.78 is 24.2. The van der Waals surface area contributed by atoms with Crippen molar-refractivity contribution in [1.29, 1.82) is 0 Å². The van der Waals surface area contributed by atoms with Crippen LogP contribution in [0.4, 0.5) is 0 Å². The molecule has 0 aliphatic carbocycles. The van der Waals surface area contributed by atoms with Crippen molar-refractivity contribution >= 4 is 15.8 Å². The number of hydrogen-bond donors (Lipinski definition) is 1. The van der Waals surface area contributed by atoms with Crippen LogP contribution in [0.3, 0.4) is 0 Å². The Morgan fingerprint density at radius 1 is 1.14 bits per heavy atom. The Kier molecular flexibility index (Phi) is 5.61. The lowest BCUT2D eigenvalue weighted by Crippen LogP contribution is -2.40. The molecule has 6 heteroatoms. The van der Waals surface area contributed by atoms with Gasteiger partial charge >= 0.3 is 0 Å². The second-order valence-corrected chi connectivity index (χ2v) is 7.38. The largest absolute Gasteiger partial charge is 0.370 e. The van der Waals surface area contributed by atoms with E-state index in [1.54, 1.807) is 24.3 Å². The van der Waals surface area contributed by atoms with E-state index in [2.05, 4.69) is 9.89 Å². The van der Waals surface area contributed by atoms with Crippen molar-refractivity contribution in [3.05, 3.63) is 30.3 Å². The van der Waals surface area contributed by atoms with Gasteiger partial charge in [-0.15, -0.1) is 0 Å². The second-order valence-electron chi connectivity index (χ2n) is 5.27. The summed E-state index contributed by atoms with van der Waals surface area (Å²) in [5, 5.41) is 0. The molecule has 2 rings (SSSR count). The Morgan fingerprint density at radius 2 is 1.81 bits per heavy atom. The van der Waals surface area contributed by atoms with E-state index in [0.717, 1.165) is 25.9 Å². The zero-order chi connectivity index (χ0) is 15.1. The normalized spacial score (nSPS) is 17.0. The van der Waals surface area contributed by atoms with E-state index in [9.17, 15) is 8.42 Å². The maximum atomic E-state index is 12.1. The molecule has 0 amide bonds. The molecule has 0 aromatic heterocycles. The molecule has 1 aliphatic rings. The number of nitrogens with two attached hydrogens (primary N) is 1. The summed E-state index contributed by atoms with van der Waals surface area (Å²) in [5.74, 6) is 0.653. The Bertz CT molecular complexity index is 564. The molecule has 0 atom stereocenters. The summed E-state index contributed by atoms with van der Waals surface area (Å²) in [6, 6.07) is 8.53. The fraction of sp³-hybridized carbons (Fsp3) is 0.533. The number of nitrogens with zero attached hydrogens (tertiary/aromatic N) is 2. The summed E-state index contributed by atoms with van der Waals surface area (Å²) in [7, 11) is -3.21. The summed E-state index contributed by atoms with van der Waals surface area (Å²) in [6.07, 6.45) is 4.04. The average molecular weight is 309 g/mol. The predicted molar refractivity (Wildman–Crippen MR) is 85.0 cm³/mol. The first-order valence-corrected chi connectivity index (χ1v) is 9.07. The molecule has 1 aliphatic heterocycles. The van der Waals surface area contributed by atoms with Crippen LogP contribution in [0, 0.1) is 0 Å². The number of likely N-dealkylation sites (tertiary alicyclic amines) is 1. The molecular formula is C15H23N3O2S. The highest BCUT2D eigenvalue weighted by Crippen LogP contribution is 2.11. The topological polar surface area (TPSA) is 75.8 Å². The SMILES string of the molecule is NC(=NCCCS(=O)(=O)c1ccccc1)N1CCCCC1. The fourth-order valence-corrected chi connectivity index (χ4v) is 3.73. The molecule has 21 heavy (non-hydrogen) atoms. The Balaban J connectivity index is 1.81. The third kappa shape index (κ3) is 4.74. The molecule has 1 heterocycles. The van der Waals surface area contributed by atoms with Crippen molar-refractivity contribution in [2.24, 2.45) is 10.7 Å². The Morgan fingerprint density at radius 3 is 2.48 bits per heavy atom. The molecule has 0 bridgehead atoms. The number of hydrogen-bond acceptors (Lipinski definition) is 3. The zero-order valence-corrected chi connectivity index (χ0v) is 13.1. The van der Waals surface area contributed by atoms with Crippen LogP contribution in [-0.2, 0) is 9.84 Å². The first-order valence-electron chi connectivity index (χ1n) is 7.42. The van der Waals surface area contributed by atoms with Gasteiger partial charge in [-0.1, -0.05) is 18.2 Å². The molecule has 2 N–H and O–H groups in total. The van der Waals surface area contributed by atoms with Gasteiger partial charge in [-0.05, 0) is 37.8 Å². The minimum Gasteiger partial charge on any atom is -0.370 e. The predicted octanol–water partition coefficient (Wildman–Crippen LogP) is 1.65. The highest BCUT2D eigenvalue weighted by Gasteiger charge is 2.14. The molecule has 1 saturated heterocycles. The number of rotatable bonds is 5. The average Bonchev–Trinajstić information content (AvgIpc) is 2.53. The number of sulfone groups is 1. The maximum Gasteiger partial charge on any atom is 0.191 e.